The molecule has 0 saturated heterocycles. The van der Waals surface area contributed by atoms with Gasteiger partial charge in [-0.15, -0.1) is 11.3 Å². The van der Waals surface area contributed by atoms with E-state index in [0.717, 1.165) is 17.1 Å². The zero-order chi connectivity index (χ0) is 13.8. The Balaban J connectivity index is 1.88. The van der Waals surface area contributed by atoms with Crippen LogP contribution in [0.25, 0.3) is 0 Å². The van der Waals surface area contributed by atoms with Gasteiger partial charge in [-0.1, -0.05) is 0 Å². The molecule has 0 fully saturated rings. The van der Waals surface area contributed by atoms with Crippen molar-refractivity contribution >= 4 is 22.9 Å². The quantitative estimate of drug-likeness (QED) is 0.861. The van der Waals surface area contributed by atoms with E-state index in [1.807, 2.05) is 19.2 Å². The second kappa shape index (κ2) is 5.83. The number of anilines is 1. The first kappa shape index (κ1) is 13.5. The third-order valence-corrected chi connectivity index (χ3v) is 3.65. The maximum absolute atomic E-state index is 11.9. The van der Waals surface area contributed by atoms with Crippen molar-refractivity contribution in [1.82, 2.24) is 20.1 Å². The lowest BCUT2D eigenvalue weighted by molar-refractivity contribution is 0.0949. The van der Waals surface area contributed by atoms with E-state index >= 15 is 0 Å². The van der Waals surface area contributed by atoms with Gasteiger partial charge in [0.25, 0.3) is 5.91 Å². The second-order valence-corrected chi connectivity index (χ2v) is 5.12. The maximum Gasteiger partial charge on any atom is 0.273 e. The van der Waals surface area contributed by atoms with Crippen molar-refractivity contribution in [3.8, 4) is 0 Å². The number of nitrogens with two attached hydrogens (primary N) is 1. The molecular formula is C12H17N5OS. The van der Waals surface area contributed by atoms with E-state index in [2.05, 4.69) is 15.4 Å². The van der Waals surface area contributed by atoms with Gasteiger partial charge in [0, 0.05) is 36.8 Å². The molecule has 0 bridgehead atoms. The number of aromatic nitrogens is 3. The van der Waals surface area contributed by atoms with Gasteiger partial charge in [0.1, 0.15) is 0 Å². The predicted molar refractivity (Wildman–Crippen MR) is 75.2 cm³/mol. The van der Waals surface area contributed by atoms with Crippen LogP contribution in [0.15, 0.2) is 11.6 Å². The standard InChI is InChI=1S/C12H17N5OS/c1-3-17-6-9(13)11(16-17)12(18)14-5-4-10-15-8(2)7-19-10/h6-7H,3-5,13H2,1-2H3,(H,14,18). The molecule has 3 N–H and O–H groups in total. The van der Waals surface area contributed by atoms with Crippen molar-refractivity contribution < 1.29 is 4.79 Å². The number of carbonyl (C=O) groups is 1. The molecule has 2 aromatic heterocycles. The molecule has 19 heavy (non-hydrogen) atoms. The number of amides is 1. The molecule has 102 valence electrons. The summed E-state index contributed by atoms with van der Waals surface area (Å²) < 4.78 is 1.65. The van der Waals surface area contributed by atoms with Crippen LogP contribution in [0.1, 0.15) is 28.1 Å². The summed E-state index contributed by atoms with van der Waals surface area (Å²) in [6, 6.07) is 0. The lowest BCUT2D eigenvalue weighted by Gasteiger charge is -2.02. The molecule has 0 saturated carbocycles. The monoisotopic (exact) mass is 279 g/mol. The Bertz CT molecular complexity index is 574. The number of nitrogens with zero attached hydrogens (tertiary/aromatic N) is 3. The fraction of sp³-hybridized carbons (Fsp3) is 0.417. The summed E-state index contributed by atoms with van der Waals surface area (Å²) in [6.07, 6.45) is 2.39. The number of aryl methyl sites for hydroxylation is 2. The molecule has 7 heteroatoms. The SMILES string of the molecule is CCn1cc(N)c(C(=O)NCCc2nc(C)cs2)n1. The molecule has 0 aliphatic heterocycles. The van der Waals surface area contributed by atoms with Crippen LogP contribution >= 0.6 is 11.3 Å². The highest BCUT2D eigenvalue weighted by atomic mass is 32.1. The smallest absolute Gasteiger partial charge is 0.273 e. The molecule has 2 aromatic rings. The number of hydrogen-bond donors (Lipinski definition) is 2. The normalized spacial score (nSPS) is 10.6. The maximum atomic E-state index is 11.9. The Morgan fingerprint density at radius 2 is 2.37 bits per heavy atom. The fourth-order valence-corrected chi connectivity index (χ4v) is 2.44. The van der Waals surface area contributed by atoms with Crippen LogP contribution in [0.2, 0.25) is 0 Å². The molecule has 2 heterocycles. The largest absolute Gasteiger partial charge is 0.396 e. The van der Waals surface area contributed by atoms with Crippen molar-refractivity contribution in [2.24, 2.45) is 0 Å². The molecular weight excluding hydrogens is 262 g/mol. The summed E-state index contributed by atoms with van der Waals surface area (Å²) in [5.74, 6) is -0.238. The third kappa shape index (κ3) is 3.31. The zero-order valence-electron chi connectivity index (χ0n) is 11.0. The average molecular weight is 279 g/mol. The van der Waals surface area contributed by atoms with Crippen LogP contribution in [-0.4, -0.2) is 27.2 Å². The minimum absolute atomic E-state index is 0.238. The van der Waals surface area contributed by atoms with Gasteiger partial charge < -0.3 is 11.1 Å². The van der Waals surface area contributed by atoms with Crippen LogP contribution < -0.4 is 11.1 Å². The summed E-state index contributed by atoms with van der Waals surface area (Å²) in [7, 11) is 0. The van der Waals surface area contributed by atoms with E-state index in [0.29, 0.717) is 18.8 Å². The number of thiazole rings is 1. The first-order chi connectivity index (χ1) is 9.10. The van der Waals surface area contributed by atoms with Gasteiger partial charge in [0.15, 0.2) is 5.69 Å². The van der Waals surface area contributed by atoms with E-state index in [-0.39, 0.29) is 11.6 Å². The van der Waals surface area contributed by atoms with Gasteiger partial charge in [-0.3, -0.25) is 9.48 Å². The highest BCUT2D eigenvalue weighted by Gasteiger charge is 2.14. The van der Waals surface area contributed by atoms with Gasteiger partial charge in [-0.25, -0.2) is 4.98 Å². The first-order valence-electron chi connectivity index (χ1n) is 6.12. The summed E-state index contributed by atoms with van der Waals surface area (Å²) in [5, 5.41) is 9.95. The van der Waals surface area contributed by atoms with Crippen LogP contribution in [0, 0.1) is 6.92 Å². The minimum Gasteiger partial charge on any atom is -0.396 e. The van der Waals surface area contributed by atoms with E-state index in [1.165, 1.54) is 0 Å². The van der Waals surface area contributed by atoms with Crippen molar-refractivity contribution in [3.63, 3.8) is 0 Å². The topological polar surface area (TPSA) is 85.8 Å². The molecule has 6 nitrogen and oxygen atoms in total. The molecule has 0 atom stereocenters. The summed E-state index contributed by atoms with van der Waals surface area (Å²) >= 11 is 1.60. The van der Waals surface area contributed by atoms with Gasteiger partial charge in [-0.2, -0.15) is 5.10 Å². The van der Waals surface area contributed by atoms with Crippen LogP contribution in [0.3, 0.4) is 0 Å². The van der Waals surface area contributed by atoms with Crippen LogP contribution in [-0.2, 0) is 13.0 Å². The molecule has 0 aliphatic carbocycles. The first-order valence-corrected chi connectivity index (χ1v) is 7.00. The summed E-state index contributed by atoms with van der Waals surface area (Å²) in [6.45, 7) is 5.12. The predicted octanol–water partition coefficient (Wildman–Crippen LogP) is 1.22. The number of hydrogen-bond acceptors (Lipinski definition) is 5. The van der Waals surface area contributed by atoms with Gasteiger partial charge in [0.2, 0.25) is 0 Å². The van der Waals surface area contributed by atoms with Crippen molar-refractivity contribution in [1.29, 1.82) is 0 Å². The van der Waals surface area contributed by atoms with Gasteiger partial charge in [0.05, 0.1) is 10.7 Å². The number of carbonyl (C=O) groups excluding carboxylic acids is 1. The molecule has 0 unspecified atom stereocenters. The van der Waals surface area contributed by atoms with Crippen molar-refractivity contribution in [3.05, 3.63) is 28.0 Å². The zero-order valence-corrected chi connectivity index (χ0v) is 11.8. The van der Waals surface area contributed by atoms with Crippen molar-refractivity contribution in [2.45, 2.75) is 26.8 Å². The van der Waals surface area contributed by atoms with Gasteiger partial charge >= 0.3 is 0 Å². The highest BCUT2D eigenvalue weighted by Crippen LogP contribution is 2.10. The number of nitrogens with one attached hydrogen (secondary N) is 1. The Morgan fingerprint density at radius 3 is 2.95 bits per heavy atom. The summed E-state index contributed by atoms with van der Waals surface area (Å²) in [5.41, 5.74) is 7.46. The Labute approximate surface area is 115 Å². The van der Waals surface area contributed by atoms with Crippen LogP contribution in [0.5, 0.6) is 0 Å². The lowest BCUT2D eigenvalue weighted by Crippen LogP contribution is -2.27. The Hall–Kier alpha value is -1.89. The van der Waals surface area contributed by atoms with E-state index in [9.17, 15) is 4.79 Å². The summed E-state index contributed by atoms with van der Waals surface area (Å²) in [4.78, 5) is 16.2. The van der Waals surface area contributed by atoms with Crippen molar-refractivity contribution in [2.75, 3.05) is 12.3 Å². The molecule has 1 amide bonds. The van der Waals surface area contributed by atoms with E-state index < -0.39 is 0 Å². The molecule has 0 radical (unpaired) electrons. The minimum atomic E-state index is -0.238. The Morgan fingerprint density at radius 1 is 1.58 bits per heavy atom. The molecule has 0 aromatic carbocycles. The Kier molecular flexibility index (Phi) is 4.16. The number of nitrogen functional groups attached to an aromatic ring is 1. The second-order valence-electron chi connectivity index (χ2n) is 4.18. The van der Waals surface area contributed by atoms with E-state index in [4.69, 9.17) is 5.73 Å². The van der Waals surface area contributed by atoms with E-state index in [1.54, 1.807) is 22.2 Å². The lowest BCUT2D eigenvalue weighted by atomic mass is 10.3. The molecule has 2 rings (SSSR count). The molecule has 0 aliphatic rings. The number of rotatable bonds is 5. The highest BCUT2D eigenvalue weighted by molar-refractivity contribution is 7.09. The molecule has 0 spiro atoms. The third-order valence-electron chi connectivity index (χ3n) is 2.62. The fourth-order valence-electron chi connectivity index (χ4n) is 1.66. The van der Waals surface area contributed by atoms with Gasteiger partial charge in [-0.05, 0) is 13.8 Å². The van der Waals surface area contributed by atoms with Crippen LogP contribution in [0.4, 0.5) is 5.69 Å². The average Bonchev–Trinajstić information content (AvgIpc) is 2.95.